The van der Waals surface area contributed by atoms with Crippen LogP contribution in [-0.4, -0.2) is 24.3 Å². The second-order valence-corrected chi connectivity index (χ2v) is 3.36. The maximum absolute atomic E-state index is 8.53. The van der Waals surface area contributed by atoms with Crippen molar-refractivity contribution in [2.45, 2.75) is 45.1 Å². The van der Waals surface area contributed by atoms with Gasteiger partial charge in [-0.1, -0.05) is 12.8 Å². The lowest BCUT2D eigenvalue weighted by Gasteiger charge is -2.09. The third kappa shape index (κ3) is 9.32. The highest BCUT2D eigenvalue weighted by Gasteiger charge is 1.98. The summed E-state index contributed by atoms with van der Waals surface area (Å²) in [6, 6.07) is 2.44. The van der Waals surface area contributed by atoms with Crippen molar-refractivity contribution < 1.29 is 5.11 Å². The van der Waals surface area contributed by atoms with E-state index in [1.54, 1.807) is 0 Å². The van der Waals surface area contributed by atoms with E-state index in [1.807, 2.05) is 6.92 Å². The molecule has 3 heteroatoms. The molecule has 0 aliphatic rings. The number of rotatable bonds is 8. The molecule has 0 aromatic carbocycles. The molecule has 1 atom stereocenters. The summed E-state index contributed by atoms with van der Waals surface area (Å²) in [6.07, 6.45) is 4.89. The van der Waals surface area contributed by atoms with Gasteiger partial charge in [0.25, 0.3) is 0 Å². The van der Waals surface area contributed by atoms with Crippen molar-refractivity contribution in [3.63, 3.8) is 0 Å². The SMILES string of the molecule is CC(CC#N)NCCCCCCO. The lowest BCUT2D eigenvalue weighted by molar-refractivity contribution is 0.282. The molecular formula is C10H20N2O. The molecule has 2 N–H and O–H groups in total. The molecule has 0 radical (unpaired) electrons. The van der Waals surface area contributed by atoms with E-state index in [0.29, 0.717) is 19.1 Å². The Morgan fingerprint density at radius 3 is 2.62 bits per heavy atom. The Morgan fingerprint density at radius 1 is 1.31 bits per heavy atom. The molecule has 0 rings (SSSR count). The summed E-state index contributed by atoms with van der Waals surface area (Å²) in [5.41, 5.74) is 0. The third-order valence-electron chi connectivity index (χ3n) is 1.98. The average molecular weight is 184 g/mol. The summed E-state index contributed by atoms with van der Waals surface area (Å²) in [7, 11) is 0. The van der Waals surface area contributed by atoms with Crippen LogP contribution < -0.4 is 5.32 Å². The van der Waals surface area contributed by atoms with Gasteiger partial charge in [-0.05, 0) is 26.3 Å². The van der Waals surface area contributed by atoms with Crippen molar-refractivity contribution in [3.05, 3.63) is 0 Å². The van der Waals surface area contributed by atoms with E-state index in [2.05, 4.69) is 11.4 Å². The van der Waals surface area contributed by atoms with E-state index in [0.717, 1.165) is 32.2 Å². The van der Waals surface area contributed by atoms with Crippen molar-refractivity contribution in [3.8, 4) is 6.07 Å². The van der Waals surface area contributed by atoms with Gasteiger partial charge in [0, 0.05) is 12.6 Å². The van der Waals surface area contributed by atoms with Gasteiger partial charge in [-0.2, -0.15) is 5.26 Å². The zero-order valence-electron chi connectivity index (χ0n) is 8.42. The molecule has 0 saturated carbocycles. The van der Waals surface area contributed by atoms with Gasteiger partial charge in [0.05, 0.1) is 12.5 Å². The van der Waals surface area contributed by atoms with Crippen molar-refractivity contribution in [1.29, 1.82) is 5.26 Å². The van der Waals surface area contributed by atoms with Crippen LogP contribution in [0.1, 0.15) is 39.0 Å². The number of nitriles is 1. The van der Waals surface area contributed by atoms with Crippen LogP contribution in [0.5, 0.6) is 0 Å². The summed E-state index contributed by atoms with van der Waals surface area (Å²) in [5, 5.41) is 20.2. The molecule has 0 spiro atoms. The van der Waals surface area contributed by atoms with E-state index in [1.165, 1.54) is 0 Å². The number of nitrogens with zero attached hydrogens (tertiary/aromatic N) is 1. The van der Waals surface area contributed by atoms with Gasteiger partial charge in [0.1, 0.15) is 0 Å². The average Bonchev–Trinajstić information content (AvgIpc) is 2.11. The predicted octanol–water partition coefficient (Wildman–Crippen LogP) is 1.43. The lowest BCUT2D eigenvalue weighted by Crippen LogP contribution is -2.26. The van der Waals surface area contributed by atoms with Crippen LogP contribution in [0, 0.1) is 11.3 Å². The van der Waals surface area contributed by atoms with Crippen LogP contribution in [0.25, 0.3) is 0 Å². The van der Waals surface area contributed by atoms with Gasteiger partial charge < -0.3 is 10.4 Å². The molecule has 3 nitrogen and oxygen atoms in total. The molecule has 0 bridgehead atoms. The number of hydrogen-bond donors (Lipinski definition) is 2. The van der Waals surface area contributed by atoms with Crippen molar-refractivity contribution >= 4 is 0 Å². The maximum atomic E-state index is 8.53. The van der Waals surface area contributed by atoms with Crippen LogP contribution in [0.3, 0.4) is 0 Å². The monoisotopic (exact) mass is 184 g/mol. The minimum atomic E-state index is 0.304. The number of nitrogens with one attached hydrogen (secondary N) is 1. The molecule has 0 aromatic heterocycles. The highest BCUT2D eigenvalue weighted by atomic mass is 16.2. The lowest BCUT2D eigenvalue weighted by atomic mass is 10.2. The molecule has 1 unspecified atom stereocenters. The fraction of sp³-hybridized carbons (Fsp3) is 0.900. The highest BCUT2D eigenvalue weighted by molar-refractivity contribution is 4.77. The zero-order chi connectivity index (χ0) is 9.94. The number of hydrogen-bond acceptors (Lipinski definition) is 3. The Labute approximate surface area is 80.8 Å². The van der Waals surface area contributed by atoms with Crippen LogP contribution in [0.15, 0.2) is 0 Å². The van der Waals surface area contributed by atoms with E-state index in [-0.39, 0.29) is 0 Å². The van der Waals surface area contributed by atoms with E-state index < -0.39 is 0 Å². The molecule has 76 valence electrons. The van der Waals surface area contributed by atoms with E-state index in [4.69, 9.17) is 10.4 Å². The molecule has 0 aromatic rings. The number of aliphatic hydroxyl groups excluding tert-OH is 1. The summed E-state index contributed by atoms with van der Waals surface area (Å²) in [5.74, 6) is 0. The van der Waals surface area contributed by atoms with Gasteiger partial charge in [0.2, 0.25) is 0 Å². The van der Waals surface area contributed by atoms with E-state index in [9.17, 15) is 0 Å². The molecule has 0 amide bonds. The predicted molar refractivity (Wildman–Crippen MR) is 53.2 cm³/mol. The quantitative estimate of drug-likeness (QED) is 0.561. The molecule has 0 heterocycles. The van der Waals surface area contributed by atoms with Crippen LogP contribution in [0.4, 0.5) is 0 Å². The second-order valence-electron chi connectivity index (χ2n) is 3.36. The fourth-order valence-corrected chi connectivity index (χ4v) is 1.15. The van der Waals surface area contributed by atoms with E-state index >= 15 is 0 Å². The molecule has 0 aliphatic heterocycles. The van der Waals surface area contributed by atoms with Crippen LogP contribution >= 0.6 is 0 Å². The second kappa shape index (κ2) is 9.50. The molecule has 0 saturated heterocycles. The number of aliphatic hydroxyl groups is 1. The first-order valence-corrected chi connectivity index (χ1v) is 5.02. The highest BCUT2D eigenvalue weighted by Crippen LogP contribution is 1.98. The zero-order valence-corrected chi connectivity index (χ0v) is 8.42. The van der Waals surface area contributed by atoms with Crippen molar-refractivity contribution in [2.24, 2.45) is 0 Å². The van der Waals surface area contributed by atoms with Gasteiger partial charge in [-0.25, -0.2) is 0 Å². The first-order chi connectivity index (χ1) is 6.31. The van der Waals surface area contributed by atoms with Gasteiger partial charge in [-0.15, -0.1) is 0 Å². The fourth-order valence-electron chi connectivity index (χ4n) is 1.15. The minimum Gasteiger partial charge on any atom is -0.396 e. The first kappa shape index (κ1) is 12.4. The van der Waals surface area contributed by atoms with Crippen molar-refractivity contribution in [2.75, 3.05) is 13.2 Å². The summed E-state index contributed by atoms with van der Waals surface area (Å²) in [6.45, 7) is 3.31. The third-order valence-corrected chi connectivity index (χ3v) is 1.98. The summed E-state index contributed by atoms with van der Waals surface area (Å²) >= 11 is 0. The molecular weight excluding hydrogens is 164 g/mol. The largest absolute Gasteiger partial charge is 0.396 e. The minimum absolute atomic E-state index is 0.304. The van der Waals surface area contributed by atoms with Crippen molar-refractivity contribution in [1.82, 2.24) is 5.32 Å². The molecule has 13 heavy (non-hydrogen) atoms. The Morgan fingerprint density at radius 2 is 2.00 bits per heavy atom. The maximum Gasteiger partial charge on any atom is 0.0638 e. The van der Waals surface area contributed by atoms with Crippen LogP contribution in [0.2, 0.25) is 0 Å². The smallest absolute Gasteiger partial charge is 0.0638 e. The Balaban J connectivity index is 3.03. The van der Waals surface area contributed by atoms with Gasteiger partial charge >= 0.3 is 0 Å². The Kier molecular flexibility index (Phi) is 9.07. The van der Waals surface area contributed by atoms with Crippen LogP contribution in [-0.2, 0) is 0 Å². The normalized spacial score (nSPS) is 12.4. The Bertz CT molecular complexity index is 142. The summed E-state index contributed by atoms with van der Waals surface area (Å²) in [4.78, 5) is 0. The first-order valence-electron chi connectivity index (χ1n) is 5.02. The van der Waals surface area contributed by atoms with Gasteiger partial charge in [0.15, 0.2) is 0 Å². The summed E-state index contributed by atoms with van der Waals surface area (Å²) < 4.78 is 0. The molecule has 0 fully saturated rings. The molecule has 0 aliphatic carbocycles. The number of unbranched alkanes of at least 4 members (excludes halogenated alkanes) is 3. The topological polar surface area (TPSA) is 56.0 Å². The standard InChI is InChI=1S/C10H20N2O/c1-10(6-7-11)12-8-4-2-3-5-9-13/h10,12-13H,2-6,8-9H2,1H3. The van der Waals surface area contributed by atoms with Gasteiger partial charge in [-0.3, -0.25) is 0 Å². The Hall–Kier alpha value is -0.590.